The molecule has 1 saturated heterocycles. The molecule has 1 heterocycles. The molecule has 0 unspecified atom stereocenters. The Morgan fingerprint density at radius 1 is 1.27 bits per heavy atom. The van der Waals surface area contributed by atoms with Gasteiger partial charge in [0.15, 0.2) is 0 Å². The largest absolute Gasteiger partial charge is 0.350 e. The van der Waals surface area contributed by atoms with Crippen LogP contribution in [0.3, 0.4) is 0 Å². The minimum Gasteiger partial charge on any atom is -0.350 e. The Kier molecular flexibility index (Phi) is 5.61. The van der Waals surface area contributed by atoms with E-state index in [-0.39, 0.29) is 11.9 Å². The molecule has 0 atom stereocenters. The number of halogens is 1. The van der Waals surface area contributed by atoms with Crippen LogP contribution in [0.5, 0.6) is 0 Å². The number of carbonyl (C=O) groups excluding carboxylic acids is 1. The molecule has 0 spiro atoms. The summed E-state index contributed by atoms with van der Waals surface area (Å²) in [5, 5.41) is 3.55. The minimum atomic E-state index is -3.13. The number of piperidine rings is 1. The molecule has 22 heavy (non-hydrogen) atoms. The van der Waals surface area contributed by atoms with Crippen LogP contribution in [0.2, 0.25) is 5.02 Å². The average molecular weight is 343 g/mol. The van der Waals surface area contributed by atoms with Crippen LogP contribution < -0.4 is 5.32 Å². The molecular formula is C15H19ClN2O3S. The summed E-state index contributed by atoms with van der Waals surface area (Å²) in [6.07, 6.45) is 5.67. The smallest absolute Gasteiger partial charge is 0.244 e. The Labute approximate surface area is 136 Å². The van der Waals surface area contributed by atoms with Crippen LogP contribution in [0.1, 0.15) is 18.4 Å². The fourth-order valence-electron chi connectivity index (χ4n) is 2.33. The zero-order chi connectivity index (χ0) is 16.2. The number of carbonyl (C=O) groups is 1. The highest BCUT2D eigenvalue weighted by Gasteiger charge is 2.25. The van der Waals surface area contributed by atoms with E-state index in [0.29, 0.717) is 31.0 Å². The van der Waals surface area contributed by atoms with E-state index in [0.717, 1.165) is 5.56 Å². The van der Waals surface area contributed by atoms with E-state index in [9.17, 15) is 13.2 Å². The van der Waals surface area contributed by atoms with Crippen molar-refractivity contribution < 1.29 is 13.2 Å². The third-order valence-corrected chi connectivity index (χ3v) is 5.12. The average Bonchev–Trinajstić information content (AvgIpc) is 2.46. The lowest BCUT2D eigenvalue weighted by Gasteiger charge is -2.30. The van der Waals surface area contributed by atoms with Gasteiger partial charge in [-0.3, -0.25) is 4.79 Å². The molecule has 1 fully saturated rings. The number of nitrogens with zero attached hydrogens (tertiary/aromatic N) is 1. The number of nitrogens with one attached hydrogen (secondary N) is 1. The van der Waals surface area contributed by atoms with Gasteiger partial charge >= 0.3 is 0 Å². The second-order valence-corrected chi connectivity index (χ2v) is 7.75. The van der Waals surface area contributed by atoms with Gasteiger partial charge in [0.05, 0.1) is 6.26 Å². The van der Waals surface area contributed by atoms with Crippen LogP contribution in [0, 0.1) is 0 Å². The predicted octanol–water partition coefficient (Wildman–Crippen LogP) is 1.89. The highest BCUT2D eigenvalue weighted by molar-refractivity contribution is 7.88. The first-order valence-electron chi connectivity index (χ1n) is 7.04. The number of hydrogen-bond donors (Lipinski definition) is 1. The Balaban J connectivity index is 1.82. The Morgan fingerprint density at radius 3 is 2.41 bits per heavy atom. The molecule has 1 aromatic rings. The van der Waals surface area contributed by atoms with E-state index in [1.54, 1.807) is 18.2 Å². The Bertz CT molecular complexity index is 648. The van der Waals surface area contributed by atoms with Crippen molar-refractivity contribution in [1.82, 2.24) is 9.62 Å². The number of sulfonamides is 1. The van der Waals surface area contributed by atoms with Gasteiger partial charge in [-0.25, -0.2) is 12.7 Å². The molecule has 1 amide bonds. The van der Waals surface area contributed by atoms with Gasteiger partial charge in [0.1, 0.15) is 0 Å². The molecule has 120 valence electrons. The lowest BCUT2D eigenvalue weighted by atomic mass is 10.1. The highest BCUT2D eigenvalue weighted by Crippen LogP contribution is 2.13. The fourth-order valence-corrected chi connectivity index (χ4v) is 3.33. The molecule has 0 aromatic heterocycles. The van der Waals surface area contributed by atoms with E-state index in [2.05, 4.69) is 5.32 Å². The number of rotatable bonds is 4. The number of amides is 1. The van der Waals surface area contributed by atoms with Gasteiger partial charge in [0.2, 0.25) is 15.9 Å². The lowest BCUT2D eigenvalue weighted by Crippen LogP contribution is -2.45. The SMILES string of the molecule is CS(=O)(=O)N1CCC(NC(=O)/C=C/c2ccc(Cl)cc2)CC1. The van der Waals surface area contributed by atoms with Crippen molar-refractivity contribution in [2.24, 2.45) is 0 Å². The van der Waals surface area contributed by atoms with Crippen molar-refractivity contribution in [2.45, 2.75) is 18.9 Å². The summed E-state index contributed by atoms with van der Waals surface area (Å²) < 4.78 is 24.3. The van der Waals surface area contributed by atoms with Crippen LogP contribution in [-0.2, 0) is 14.8 Å². The molecule has 1 aromatic carbocycles. The first-order chi connectivity index (χ1) is 10.3. The quantitative estimate of drug-likeness (QED) is 0.850. The first kappa shape index (κ1) is 17.0. The third-order valence-electron chi connectivity index (χ3n) is 3.57. The van der Waals surface area contributed by atoms with E-state index >= 15 is 0 Å². The number of hydrogen-bond acceptors (Lipinski definition) is 3. The summed E-state index contributed by atoms with van der Waals surface area (Å²) in [5.74, 6) is -0.173. The van der Waals surface area contributed by atoms with Crippen molar-refractivity contribution in [1.29, 1.82) is 0 Å². The van der Waals surface area contributed by atoms with Crippen molar-refractivity contribution in [3.05, 3.63) is 40.9 Å². The highest BCUT2D eigenvalue weighted by atomic mass is 35.5. The van der Waals surface area contributed by atoms with Gasteiger partial charge in [0.25, 0.3) is 0 Å². The molecule has 0 saturated carbocycles. The summed E-state index contributed by atoms with van der Waals surface area (Å²) in [4.78, 5) is 11.9. The Morgan fingerprint density at radius 2 is 1.86 bits per heavy atom. The van der Waals surface area contributed by atoms with E-state index < -0.39 is 10.0 Å². The zero-order valence-corrected chi connectivity index (χ0v) is 13.9. The molecule has 5 nitrogen and oxygen atoms in total. The van der Waals surface area contributed by atoms with Crippen LogP contribution in [0.4, 0.5) is 0 Å². The zero-order valence-electron chi connectivity index (χ0n) is 12.3. The van der Waals surface area contributed by atoms with Gasteiger partial charge in [-0.15, -0.1) is 0 Å². The normalized spacial score (nSPS) is 17.7. The van der Waals surface area contributed by atoms with Crippen LogP contribution in [0.25, 0.3) is 6.08 Å². The molecule has 1 aliphatic heterocycles. The van der Waals surface area contributed by atoms with Crippen molar-refractivity contribution in [2.75, 3.05) is 19.3 Å². The van der Waals surface area contributed by atoms with Crippen LogP contribution >= 0.6 is 11.6 Å². The summed E-state index contributed by atoms with van der Waals surface area (Å²) in [6.45, 7) is 0.898. The van der Waals surface area contributed by atoms with E-state index in [1.165, 1.54) is 16.6 Å². The standard InChI is InChI=1S/C15H19ClN2O3S/c1-22(20,21)18-10-8-14(9-11-18)17-15(19)7-4-12-2-5-13(16)6-3-12/h2-7,14H,8-11H2,1H3,(H,17,19)/b7-4+. The fraction of sp³-hybridized carbons (Fsp3) is 0.400. The molecule has 2 rings (SSSR count). The lowest BCUT2D eigenvalue weighted by molar-refractivity contribution is -0.117. The predicted molar refractivity (Wildman–Crippen MR) is 88.1 cm³/mol. The minimum absolute atomic E-state index is 0.0142. The first-order valence-corrected chi connectivity index (χ1v) is 9.26. The molecule has 1 N–H and O–H groups in total. The van der Waals surface area contributed by atoms with Crippen LogP contribution in [-0.4, -0.2) is 44.0 Å². The third kappa shape index (κ3) is 5.12. The van der Waals surface area contributed by atoms with Crippen molar-refractivity contribution in [3.63, 3.8) is 0 Å². The second-order valence-electron chi connectivity index (χ2n) is 5.33. The monoisotopic (exact) mass is 342 g/mol. The van der Waals surface area contributed by atoms with E-state index in [1.807, 2.05) is 12.1 Å². The summed E-state index contributed by atoms with van der Waals surface area (Å²) in [5.41, 5.74) is 0.895. The molecule has 0 aliphatic carbocycles. The topological polar surface area (TPSA) is 66.5 Å². The van der Waals surface area contributed by atoms with Gasteiger partial charge in [0, 0.05) is 30.2 Å². The van der Waals surface area contributed by atoms with Crippen molar-refractivity contribution >= 4 is 33.6 Å². The van der Waals surface area contributed by atoms with E-state index in [4.69, 9.17) is 11.6 Å². The summed E-state index contributed by atoms with van der Waals surface area (Å²) in [6, 6.07) is 7.20. The Hall–Kier alpha value is -1.37. The number of benzene rings is 1. The summed E-state index contributed by atoms with van der Waals surface area (Å²) in [7, 11) is -3.13. The maximum Gasteiger partial charge on any atom is 0.244 e. The summed E-state index contributed by atoms with van der Waals surface area (Å²) >= 11 is 5.80. The molecule has 0 radical (unpaired) electrons. The second kappa shape index (κ2) is 7.26. The molecule has 0 bridgehead atoms. The maximum absolute atomic E-state index is 11.9. The van der Waals surface area contributed by atoms with Gasteiger partial charge in [-0.05, 0) is 36.6 Å². The van der Waals surface area contributed by atoms with Gasteiger partial charge in [-0.1, -0.05) is 23.7 Å². The molecular weight excluding hydrogens is 324 g/mol. The molecule has 7 heteroatoms. The van der Waals surface area contributed by atoms with Gasteiger partial charge in [-0.2, -0.15) is 0 Å². The molecule has 1 aliphatic rings. The maximum atomic E-state index is 11.9. The van der Waals surface area contributed by atoms with Crippen molar-refractivity contribution in [3.8, 4) is 0 Å². The van der Waals surface area contributed by atoms with Crippen LogP contribution in [0.15, 0.2) is 30.3 Å². The van der Waals surface area contributed by atoms with Gasteiger partial charge < -0.3 is 5.32 Å².